The van der Waals surface area contributed by atoms with Crippen LogP contribution in [0.15, 0.2) is 0 Å². The van der Waals surface area contributed by atoms with Gasteiger partial charge in [0.05, 0.1) is 5.69 Å². The first kappa shape index (κ1) is 13.6. The van der Waals surface area contributed by atoms with Crippen LogP contribution >= 0.6 is 11.3 Å². The molecule has 1 aromatic rings. The molecule has 2 fully saturated rings. The summed E-state index contributed by atoms with van der Waals surface area (Å²) in [5.41, 5.74) is 0.869. The van der Waals surface area contributed by atoms with E-state index in [0.717, 1.165) is 42.6 Å². The topological polar surface area (TPSA) is 53.4 Å². The highest BCUT2D eigenvalue weighted by atomic mass is 32.1. The van der Waals surface area contributed by atoms with E-state index in [1.165, 1.54) is 37.0 Å². The van der Waals surface area contributed by atoms with E-state index < -0.39 is 5.97 Å². The molecule has 114 valence electrons. The largest absolute Gasteiger partial charge is 0.481 e. The van der Waals surface area contributed by atoms with Gasteiger partial charge in [-0.2, -0.15) is 0 Å². The van der Waals surface area contributed by atoms with Gasteiger partial charge in [0.1, 0.15) is 5.92 Å². The quantitative estimate of drug-likeness (QED) is 0.909. The molecule has 5 heteroatoms. The summed E-state index contributed by atoms with van der Waals surface area (Å²) in [6, 6.07) is 0.662. The number of nitrogens with zero attached hydrogens (tertiary/aromatic N) is 2. The van der Waals surface area contributed by atoms with Gasteiger partial charge in [-0.1, -0.05) is 12.8 Å². The monoisotopic (exact) mass is 306 g/mol. The predicted molar refractivity (Wildman–Crippen MR) is 83.1 cm³/mol. The zero-order valence-corrected chi connectivity index (χ0v) is 13.1. The van der Waals surface area contributed by atoms with Crippen LogP contribution in [0.4, 0.5) is 5.13 Å². The Labute approximate surface area is 129 Å². The van der Waals surface area contributed by atoms with E-state index >= 15 is 0 Å². The lowest BCUT2D eigenvalue weighted by Gasteiger charge is -2.31. The van der Waals surface area contributed by atoms with Crippen molar-refractivity contribution in [2.24, 2.45) is 5.92 Å². The first-order valence-electron chi connectivity index (χ1n) is 8.23. The van der Waals surface area contributed by atoms with Crippen molar-refractivity contribution < 1.29 is 9.90 Å². The predicted octanol–water partition coefficient (Wildman–Crippen LogP) is 3.42. The summed E-state index contributed by atoms with van der Waals surface area (Å²) in [6.45, 7) is 1.11. The third kappa shape index (κ3) is 2.26. The number of fused-ring (bicyclic) bond motifs is 2. The van der Waals surface area contributed by atoms with Crippen LogP contribution in [-0.2, 0) is 11.2 Å². The van der Waals surface area contributed by atoms with Crippen LogP contribution in [0.5, 0.6) is 0 Å². The molecule has 0 radical (unpaired) electrons. The molecule has 4 rings (SSSR count). The van der Waals surface area contributed by atoms with Gasteiger partial charge >= 0.3 is 5.97 Å². The van der Waals surface area contributed by atoms with E-state index in [9.17, 15) is 9.90 Å². The first-order valence-corrected chi connectivity index (χ1v) is 9.04. The van der Waals surface area contributed by atoms with E-state index in [4.69, 9.17) is 4.98 Å². The van der Waals surface area contributed by atoms with Crippen molar-refractivity contribution >= 4 is 22.4 Å². The molecule has 1 saturated heterocycles. The van der Waals surface area contributed by atoms with Gasteiger partial charge in [0.15, 0.2) is 5.13 Å². The van der Waals surface area contributed by atoms with Gasteiger partial charge in [-0.25, -0.2) is 4.98 Å². The van der Waals surface area contributed by atoms with Crippen molar-refractivity contribution in [2.75, 3.05) is 11.4 Å². The Morgan fingerprint density at radius 3 is 2.90 bits per heavy atom. The number of carboxylic acids is 1. The maximum atomic E-state index is 11.4. The van der Waals surface area contributed by atoms with Crippen LogP contribution in [0.25, 0.3) is 0 Å². The molecule has 4 nitrogen and oxygen atoms in total. The van der Waals surface area contributed by atoms with E-state index in [1.54, 1.807) is 11.3 Å². The van der Waals surface area contributed by atoms with Gasteiger partial charge in [-0.05, 0) is 44.4 Å². The van der Waals surface area contributed by atoms with Crippen molar-refractivity contribution in [1.29, 1.82) is 0 Å². The zero-order valence-electron chi connectivity index (χ0n) is 12.3. The van der Waals surface area contributed by atoms with Crippen LogP contribution in [0.1, 0.15) is 61.4 Å². The van der Waals surface area contributed by atoms with Gasteiger partial charge < -0.3 is 10.0 Å². The van der Waals surface area contributed by atoms with E-state index in [0.29, 0.717) is 6.04 Å². The number of aromatic nitrogens is 1. The number of carbonyl (C=O) groups is 1. The van der Waals surface area contributed by atoms with Gasteiger partial charge in [0.2, 0.25) is 0 Å². The lowest BCUT2D eigenvalue weighted by atomic mass is 9.85. The summed E-state index contributed by atoms with van der Waals surface area (Å²) >= 11 is 1.76. The Kier molecular flexibility index (Phi) is 3.40. The SMILES string of the molecule is O=C(O)C1CCCc2sc(N3CCC4CCCCC43)nc21. The van der Waals surface area contributed by atoms with E-state index in [1.807, 2.05) is 0 Å². The minimum absolute atomic E-state index is 0.372. The molecule has 3 aliphatic rings. The van der Waals surface area contributed by atoms with Crippen molar-refractivity contribution in [2.45, 2.75) is 63.3 Å². The Balaban J connectivity index is 1.63. The second-order valence-corrected chi connectivity index (χ2v) is 7.74. The van der Waals surface area contributed by atoms with Crippen molar-refractivity contribution in [1.82, 2.24) is 4.98 Å². The smallest absolute Gasteiger partial charge is 0.312 e. The first-order chi connectivity index (χ1) is 10.2. The molecular weight excluding hydrogens is 284 g/mol. The van der Waals surface area contributed by atoms with E-state index in [2.05, 4.69) is 4.90 Å². The Bertz CT molecular complexity index is 556. The third-order valence-electron chi connectivity index (χ3n) is 5.50. The molecule has 0 bridgehead atoms. The number of thiazole rings is 1. The number of anilines is 1. The number of rotatable bonds is 2. The summed E-state index contributed by atoms with van der Waals surface area (Å²) in [4.78, 5) is 19.9. The molecule has 1 saturated carbocycles. The average molecular weight is 306 g/mol. The molecule has 3 atom stereocenters. The molecule has 1 aromatic heterocycles. The maximum absolute atomic E-state index is 11.4. The van der Waals surface area contributed by atoms with Gasteiger partial charge in [-0.3, -0.25) is 4.79 Å². The normalized spacial score (nSPS) is 31.8. The molecule has 2 heterocycles. The van der Waals surface area contributed by atoms with Crippen molar-refractivity contribution in [3.8, 4) is 0 Å². The fourth-order valence-corrected chi connectivity index (χ4v) is 5.66. The van der Waals surface area contributed by atoms with Gasteiger partial charge in [0.25, 0.3) is 0 Å². The summed E-state index contributed by atoms with van der Waals surface area (Å²) < 4.78 is 0. The molecular formula is C16H22N2O2S. The summed E-state index contributed by atoms with van der Waals surface area (Å²) in [5.74, 6) is -0.233. The molecule has 0 spiro atoms. The zero-order chi connectivity index (χ0) is 14.4. The van der Waals surface area contributed by atoms with E-state index in [-0.39, 0.29) is 5.92 Å². The highest BCUT2D eigenvalue weighted by Crippen LogP contribution is 2.43. The molecule has 1 aliphatic heterocycles. The number of aliphatic carboxylic acids is 1. The molecule has 21 heavy (non-hydrogen) atoms. The highest BCUT2D eigenvalue weighted by Gasteiger charge is 2.38. The van der Waals surface area contributed by atoms with Crippen LogP contribution in [-0.4, -0.2) is 28.6 Å². The number of hydrogen-bond donors (Lipinski definition) is 1. The third-order valence-corrected chi connectivity index (χ3v) is 6.66. The standard InChI is InChI=1S/C16H22N2O2S/c19-15(20)11-5-3-7-13-14(11)17-16(21-13)18-9-8-10-4-1-2-6-12(10)18/h10-12H,1-9H2,(H,19,20). The average Bonchev–Trinajstić information content (AvgIpc) is 3.09. The molecule has 0 aromatic carbocycles. The summed E-state index contributed by atoms with van der Waals surface area (Å²) in [6.07, 6.45) is 9.40. The van der Waals surface area contributed by atoms with Crippen LogP contribution in [0.2, 0.25) is 0 Å². The molecule has 1 N–H and O–H groups in total. The molecule has 3 unspecified atom stereocenters. The minimum atomic E-state index is -0.704. The van der Waals surface area contributed by atoms with Crippen LogP contribution in [0, 0.1) is 5.92 Å². The summed E-state index contributed by atoms with van der Waals surface area (Å²) in [7, 11) is 0. The maximum Gasteiger partial charge on any atom is 0.312 e. The summed E-state index contributed by atoms with van der Waals surface area (Å²) in [5, 5.41) is 10.5. The number of hydrogen-bond acceptors (Lipinski definition) is 4. The fraction of sp³-hybridized carbons (Fsp3) is 0.750. The molecule has 2 aliphatic carbocycles. The molecule has 0 amide bonds. The second-order valence-electron chi connectivity index (χ2n) is 6.68. The van der Waals surface area contributed by atoms with Gasteiger partial charge in [-0.15, -0.1) is 11.3 Å². The van der Waals surface area contributed by atoms with Gasteiger partial charge in [0, 0.05) is 17.5 Å². The second kappa shape index (κ2) is 5.27. The van der Waals surface area contributed by atoms with Crippen LogP contribution in [0.3, 0.4) is 0 Å². The lowest BCUT2D eigenvalue weighted by molar-refractivity contribution is -0.139. The highest BCUT2D eigenvalue weighted by molar-refractivity contribution is 7.15. The number of carboxylic acid groups (broad SMARTS) is 1. The fourth-order valence-electron chi connectivity index (χ4n) is 4.41. The van der Waals surface area contributed by atoms with Crippen molar-refractivity contribution in [3.05, 3.63) is 10.6 Å². The number of aryl methyl sites for hydroxylation is 1. The van der Waals surface area contributed by atoms with Crippen molar-refractivity contribution in [3.63, 3.8) is 0 Å². The Morgan fingerprint density at radius 2 is 2.05 bits per heavy atom. The Morgan fingerprint density at radius 1 is 1.19 bits per heavy atom. The Hall–Kier alpha value is -1.10. The minimum Gasteiger partial charge on any atom is -0.481 e. The lowest BCUT2D eigenvalue weighted by Crippen LogP contribution is -2.34. The van der Waals surface area contributed by atoms with Crippen LogP contribution < -0.4 is 4.90 Å².